The minimum absolute atomic E-state index is 0.0445. The van der Waals surface area contributed by atoms with Crippen LogP contribution in [0.4, 0.5) is 4.79 Å². The summed E-state index contributed by atoms with van der Waals surface area (Å²) in [6.45, 7) is 4.68. The Morgan fingerprint density at radius 3 is 2.60 bits per heavy atom. The number of aliphatic hydroxyl groups is 3. The molecule has 0 spiro atoms. The number of cyclic esters (lactones) is 1. The van der Waals surface area contributed by atoms with Crippen molar-refractivity contribution in [3.63, 3.8) is 0 Å². The van der Waals surface area contributed by atoms with Gasteiger partial charge in [-0.05, 0) is 20.8 Å². The Balaban J connectivity index is 2.72. The number of esters is 1. The molecule has 20 heavy (non-hydrogen) atoms. The van der Waals surface area contributed by atoms with E-state index in [2.05, 4.69) is 5.32 Å². The van der Waals surface area contributed by atoms with Crippen molar-refractivity contribution in [2.75, 3.05) is 6.61 Å². The van der Waals surface area contributed by atoms with Crippen molar-refractivity contribution < 1.29 is 34.4 Å². The molecule has 0 aromatic carbocycles. The molecule has 8 heteroatoms. The Morgan fingerprint density at radius 1 is 1.50 bits per heavy atom. The van der Waals surface area contributed by atoms with Crippen LogP contribution in [-0.4, -0.2) is 63.9 Å². The minimum atomic E-state index is -1.58. The maximum Gasteiger partial charge on any atom is 0.408 e. The number of carbonyl (C=O) groups is 2. The smallest absolute Gasteiger partial charge is 0.408 e. The van der Waals surface area contributed by atoms with Gasteiger partial charge in [-0.25, -0.2) is 9.59 Å². The van der Waals surface area contributed by atoms with Gasteiger partial charge in [0.1, 0.15) is 11.6 Å². The van der Waals surface area contributed by atoms with E-state index in [-0.39, 0.29) is 13.0 Å². The summed E-state index contributed by atoms with van der Waals surface area (Å²) >= 11 is 0. The second-order valence-electron chi connectivity index (χ2n) is 5.60. The topological polar surface area (TPSA) is 125 Å². The van der Waals surface area contributed by atoms with Crippen LogP contribution in [0.1, 0.15) is 27.2 Å². The summed E-state index contributed by atoms with van der Waals surface area (Å²) in [5.41, 5.74) is -0.738. The molecule has 4 atom stereocenters. The summed E-state index contributed by atoms with van der Waals surface area (Å²) in [6, 6.07) is -1.13. The number of carbonyl (C=O) groups excluding carboxylic acids is 2. The van der Waals surface area contributed by atoms with E-state index >= 15 is 0 Å². The summed E-state index contributed by atoms with van der Waals surface area (Å²) < 4.78 is 9.82. The molecule has 1 amide bonds. The average Bonchev–Trinajstić information content (AvgIpc) is 2.55. The highest BCUT2D eigenvalue weighted by Gasteiger charge is 2.48. The largest absolute Gasteiger partial charge is 0.455 e. The highest BCUT2D eigenvalue weighted by molar-refractivity contribution is 5.80. The molecule has 1 aliphatic heterocycles. The number of alkyl carbamates (subject to hydrolysis) is 1. The third kappa shape index (κ3) is 4.32. The van der Waals surface area contributed by atoms with Crippen LogP contribution in [0.25, 0.3) is 0 Å². The number of rotatable bonds is 4. The lowest BCUT2D eigenvalue weighted by Gasteiger charge is -2.26. The standard InChI is InChI=1S/C12H21NO7/c1-12(2,3)20-11(18)13-7-8(16)10(17)19-9(7)6(15)4-5-14/h6-9,14-16H,4-5H2,1-3H3,(H,13,18)/t6-,7-,8-,9+/m0/s1. The minimum Gasteiger partial charge on any atom is -0.455 e. The molecule has 0 saturated carbocycles. The molecule has 1 fully saturated rings. The quantitative estimate of drug-likeness (QED) is 0.485. The van der Waals surface area contributed by atoms with Crippen molar-refractivity contribution in [3.8, 4) is 0 Å². The molecule has 0 aromatic rings. The van der Waals surface area contributed by atoms with Crippen LogP contribution in [0.5, 0.6) is 0 Å². The first-order valence-corrected chi connectivity index (χ1v) is 6.32. The zero-order valence-electron chi connectivity index (χ0n) is 11.7. The van der Waals surface area contributed by atoms with E-state index in [0.717, 1.165) is 0 Å². The molecular formula is C12H21NO7. The summed E-state index contributed by atoms with van der Waals surface area (Å²) in [5, 5.41) is 30.5. The van der Waals surface area contributed by atoms with Crippen LogP contribution in [0.3, 0.4) is 0 Å². The Labute approximate surface area is 116 Å². The summed E-state index contributed by atoms with van der Waals surface area (Å²) in [4.78, 5) is 23.0. The van der Waals surface area contributed by atoms with Gasteiger partial charge in [-0.3, -0.25) is 0 Å². The van der Waals surface area contributed by atoms with E-state index < -0.39 is 42.0 Å². The van der Waals surface area contributed by atoms with E-state index in [1.165, 1.54) is 0 Å². The third-order valence-corrected chi connectivity index (χ3v) is 2.68. The highest BCUT2D eigenvalue weighted by atomic mass is 16.6. The number of amides is 1. The maximum absolute atomic E-state index is 11.7. The molecular weight excluding hydrogens is 270 g/mol. The van der Waals surface area contributed by atoms with Crippen LogP contribution in [-0.2, 0) is 14.3 Å². The van der Waals surface area contributed by atoms with Crippen molar-refractivity contribution in [3.05, 3.63) is 0 Å². The van der Waals surface area contributed by atoms with Gasteiger partial charge in [0.15, 0.2) is 12.2 Å². The van der Waals surface area contributed by atoms with Gasteiger partial charge in [0, 0.05) is 13.0 Å². The monoisotopic (exact) mass is 291 g/mol. The molecule has 0 radical (unpaired) electrons. The second kappa shape index (κ2) is 6.38. The van der Waals surface area contributed by atoms with Crippen LogP contribution in [0.15, 0.2) is 0 Å². The van der Waals surface area contributed by atoms with Crippen molar-refractivity contribution in [1.29, 1.82) is 0 Å². The van der Waals surface area contributed by atoms with Crippen molar-refractivity contribution in [2.24, 2.45) is 0 Å². The number of aliphatic hydroxyl groups excluding tert-OH is 3. The third-order valence-electron chi connectivity index (χ3n) is 2.68. The van der Waals surface area contributed by atoms with Crippen LogP contribution < -0.4 is 5.32 Å². The van der Waals surface area contributed by atoms with Gasteiger partial charge < -0.3 is 30.1 Å². The van der Waals surface area contributed by atoms with Crippen molar-refractivity contribution >= 4 is 12.1 Å². The highest BCUT2D eigenvalue weighted by Crippen LogP contribution is 2.21. The molecule has 1 rings (SSSR count). The van der Waals surface area contributed by atoms with Gasteiger partial charge in [-0.15, -0.1) is 0 Å². The van der Waals surface area contributed by atoms with E-state index in [0.29, 0.717) is 0 Å². The summed E-state index contributed by atoms with van der Waals surface area (Å²) in [5.74, 6) is -0.937. The summed E-state index contributed by atoms with van der Waals surface area (Å²) in [7, 11) is 0. The van der Waals surface area contributed by atoms with Gasteiger partial charge in [-0.1, -0.05) is 0 Å². The van der Waals surface area contributed by atoms with E-state index in [1.54, 1.807) is 20.8 Å². The molecule has 1 aliphatic rings. The predicted octanol–water partition coefficient (Wildman–Crippen LogP) is -1.09. The van der Waals surface area contributed by atoms with E-state index in [9.17, 15) is 19.8 Å². The fraction of sp³-hybridized carbons (Fsp3) is 0.833. The second-order valence-corrected chi connectivity index (χ2v) is 5.60. The Hall–Kier alpha value is -1.38. The first kappa shape index (κ1) is 16.7. The normalized spacial score (nSPS) is 27.9. The van der Waals surface area contributed by atoms with Gasteiger partial charge >= 0.3 is 12.1 Å². The Kier molecular flexibility index (Phi) is 5.32. The first-order chi connectivity index (χ1) is 9.15. The lowest BCUT2D eigenvalue weighted by molar-refractivity contribution is -0.150. The Bertz CT molecular complexity index is 365. The van der Waals surface area contributed by atoms with E-state index in [1.807, 2.05) is 0 Å². The lowest BCUT2D eigenvalue weighted by Crippen LogP contribution is -2.52. The maximum atomic E-state index is 11.7. The van der Waals surface area contributed by atoms with E-state index in [4.69, 9.17) is 14.6 Å². The summed E-state index contributed by atoms with van der Waals surface area (Å²) in [6.07, 6.45) is -4.78. The molecule has 8 nitrogen and oxygen atoms in total. The van der Waals surface area contributed by atoms with Crippen LogP contribution in [0, 0.1) is 0 Å². The molecule has 116 valence electrons. The lowest BCUT2D eigenvalue weighted by atomic mass is 10.0. The zero-order chi connectivity index (χ0) is 15.5. The number of hydrogen-bond donors (Lipinski definition) is 4. The fourth-order valence-electron chi connectivity index (χ4n) is 1.82. The molecule has 1 heterocycles. The molecule has 4 N–H and O–H groups in total. The molecule has 0 aromatic heterocycles. The zero-order valence-corrected chi connectivity index (χ0v) is 11.7. The van der Waals surface area contributed by atoms with Crippen molar-refractivity contribution in [2.45, 2.75) is 57.1 Å². The van der Waals surface area contributed by atoms with Crippen LogP contribution in [0.2, 0.25) is 0 Å². The van der Waals surface area contributed by atoms with Gasteiger partial charge in [0.25, 0.3) is 0 Å². The number of hydrogen-bond acceptors (Lipinski definition) is 7. The van der Waals surface area contributed by atoms with Crippen LogP contribution >= 0.6 is 0 Å². The van der Waals surface area contributed by atoms with Gasteiger partial charge in [0.2, 0.25) is 0 Å². The first-order valence-electron chi connectivity index (χ1n) is 6.32. The average molecular weight is 291 g/mol. The molecule has 0 aliphatic carbocycles. The molecule has 0 bridgehead atoms. The Morgan fingerprint density at radius 2 is 2.10 bits per heavy atom. The fourth-order valence-corrected chi connectivity index (χ4v) is 1.82. The predicted molar refractivity (Wildman–Crippen MR) is 66.8 cm³/mol. The molecule has 0 unspecified atom stereocenters. The van der Waals surface area contributed by atoms with Gasteiger partial charge in [0.05, 0.1) is 6.10 Å². The number of ether oxygens (including phenoxy) is 2. The number of nitrogens with one attached hydrogen (secondary N) is 1. The van der Waals surface area contributed by atoms with Crippen molar-refractivity contribution in [1.82, 2.24) is 5.32 Å². The SMILES string of the molecule is CC(C)(C)OC(=O)N[C@@H]1[C@@H]([C@@H](O)CCO)OC(=O)[C@H]1O. The molecule has 1 saturated heterocycles. The van der Waals surface area contributed by atoms with Gasteiger partial charge in [-0.2, -0.15) is 0 Å².